The normalized spacial score (nSPS) is 10.9. The highest BCUT2D eigenvalue weighted by Gasteiger charge is 2.08. The van der Waals surface area contributed by atoms with E-state index < -0.39 is 0 Å². The van der Waals surface area contributed by atoms with Gasteiger partial charge in [-0.1, -0.05) is 23.4 Å². The highest BCUT2D eigenvalue weighted by Crippen LogP contribution is 2.25. The average Bonchev–Trinajstić information content (AvgIpc) is 3.04. The van der Waals surface area contributed by atoms with Gasteiger partial charge in [0.1, 0.15) is 12.4 Å². The largest absolute Gasteiger partial charge is 0.487 e. The molecule has 6 heteroatoms. The van der Waals surface area contributed by atoms with E-state index in [-0.39, 0.29) is 0 Å². The fraction of sp³-hybridized carbons (Fsp3) is 0.350. The first-order chi connectivity index (χ1) is 12.6. The van der Waals surface area contributed by atoms with E-state index in [2.05, 4.69) is 46.4 Å². The van der Waals surface area contributed by atoms with Crippen molar-refractivity contribution in [3.8, 4) is 5.75 Å². The van der Waals surface area contributed by atoms with Crippen LogP contribution in [-0.4, -0.2) is 21.7 Å². The van der Waals surface area contributed by atoms with Gasteiger partial charge in [0.05, 0.1) is 5.69 Å². The average molecular weight is 352 g/mol. The van der Waals surface area contributed by atoms with Crippen LogP contribution in [0.4, 0.5) is 0 Å². The maximum absolute atomic E-state index is 5.98. The standard InChI is InChI=1S/C20H24N4O2/c1-14-10-17(12-21-9-7-19-23-16(3)24-26-19)11-15(2)20(14)25-13-18-6-4-5-8-22-18/h4-6,8,10-11,21H,7,9,12-13H2,1-3H3. The molecule has 0 aliphatic heterocycles. The lowest BCUT2D eigenvalue weighted by Crippen LogP contribution is -2.17. The van der Waals surface area contributed by atoms with Crippen LogP contribution in [0, 0.1) is 20.8 Å². The number of nitrogens with one attached hydrogen (secondary N) is 1. The molecule has 136 valence electrons. The monoisotopic (exact) mass is 352 g/mol. The molecule has 0 bridgehead atoms. The van der Waals surface area contributed by atoms with E-state index in [4.69, 9.17) is 9.26 Å². The van der Waals surface area contributed by atoms with Crippen LogP contribution in [-0.2, 0) is 19.6 Å². The zero-order valence-electron chi connectivity index (χ0n) is 15.5. The Kier molecular flexibility index (Phi) is 5.96. The summed E-state index contributed by atoms with van der Waals surface area (Å²) in [6, 6.07) is 10.2. The minimum atomic E-state index is 0.476. The van der Waals surface area contributed by atoms with Gasteiger partial charge in [0.25, 0.3) is 0 Å². The second-order valence-electron chi connectivity index (χ2n) is 6.33. The SMILES string of the molecule is Cc1noc(CCNCc2cc(C)c(OCc3ccccn3)c(C)c2)n1. The van der Waals surface area contributed by atoms with E-state index in [1.54, 1.807) is 6.20 Å². The number of aryl methyl sites for hydroxylation is 3. The van der Waals surface area contributed by atoms with E-state index >= 15 is 0 Å². The van der Waals surface area contributed by atoms with Crippen molar-refractivity contribution in [3.05, 3.63) is 70.6 Å². The number of aromatic nitrogens is 3. The molecule has 0 unspecified atom stereocenters. The topological polar surface area (TPSA) is 73.1 Å². The van der Waals surface area contributed by atoms with Gasteiger partial charge in [-0.3, -0.25) is 4.98 Å². The highest BCUT2D eigenvalue weighted by atomic mass is 16.5. The van der Waals surface area contributed by atoms with Crippen LogP contribution in [0.25, 0.3) is 0 Å². The third kappa shape index (κ3) is 4.89. The molecule has 0 atom stereocenters. The zero-order valence-corrected chi connectivity index (χ0v) is 15.5. The number of pyridine rings is 1. The second kappa shape index (κ2) is 8.58. The molecule has 0 amide bonds. The molecular formula is C20H24N4O2. The fourth-order valence-electron chi connectivity index (χ4n) is 2.87. The molecule has 0 radical (unpaired) electrons. The molecule has 26 heavy (non-hydrogen) atoms. The molecule has 3 aromatic rings. The Hall–Kier alpha value is -2.73. The number of hydrogen-bond donors (Lipinski definition) is 1. The predicted molar refractivity (Wildman–Crippen MR) is 98.9 cm³/mol. The summed E-state index contributed by atoms with van der Waals surface area (Å²) in [7, 11) is 0. The number of hydrogen-bond acceptors (Lipinski definition) is 6. The highest BCUT2D eigenvalue weighted by molar-refractivity contribution is 5.43. The van der Waals surface area contributed by atoms with Crippen molar-refractivity contribution in [2.45, 2.75) is 40.3 Å². The van der Waals surface area contributed by atoms with E-state index in [9.17, 15) is 0 Å². The van der Waals surface area contributed by atoms with Crippen LogP contribution < -0.4 is 10.1 Å². The van der Waals surface area contributed by atoms with Gasteiger partial charge < -0.3 is 14.6 Å². The lowest BCUT2D eigenvalue weighted by Gasteiger charge is -2.14. The summed E-state index contributed by atoms with van der Waals surface area (Å²) < 4.78 is 11.1. The predicted octanol–water partition coefficient (Wildman–Crippen LogP) is 3.30. The van der Waals surface area contributed by atoms with Gasteiger partial charge >= 0.3 is 0 Å². The lowest BCUT2D eigenvalue weighted by molar-refractivity contribution is 0.297. The maximum Gasteiger partial charge on any atom is 0.227 e. The molecule has 0 saturated heterocycles. The molecule has 0 saturated carbocycles. The van der Waals surface area contributed by atoms with Crippen LogP contribution in [0.2, 0.25) is 0 Å². The summed E-state index contributed by atoms with van der Waals surface area (Å²) in [6.07, 6.45) is 2.51. The summed E-state index contributed by atoms with van der Waals surface area (Å²) >= 11 is 0. The summed E-state index contributed by atoms with van der Waals surface area (Å²) in [6.45, 7) is 8.02. The van der Waals surface area contributed by atoms with Crippen molar-refractivity contribution in [1.29, 1.82) is 0 Å². The minimum Gasteiger partial charge on any atom is -0.487 e. The maximum atomic E-state index is 5.98. The molecule has 0 fully saturated rings. The first kappa shape index (κ1) is 18.1. The Labute approximate surface area is 153 Å². The number of rotatable bonds is 8. The summed E-state index contributed by atoms with van der Waals surface area (Å²) in [5.41, 5.74) is 4.41. The van der Waals surface area contributed by atoms with Crippen LogP contribution in [0.1, 0.15) is 34.1 Å². The molecule has 0 aliphatic carbocycles. The fourth-order valence-corrected chi connectivity index (χ4v) is 2.87. The van der Waals surface area contributed by atoms with Crippen molar-refractivity contribution in [1.82, 2.24) is 20.4 Å². The van der Waals surface area contributed by atoms with Gasteiger partial charge in [-0.25, -0.2) is 0 Å². The molecule has 6 nitrogen and oxygen atoms in total. The van der Waals surface area contributed by atoms with Crippen molar-refractivity contribution in [3.63, 3.8) is 0 Å². The Morgan fingerprint density at radius 2 is 1.92 bits per heavy atom. The van der Waals surface area contributed by atoms with Gasteiger partial charge in [0.2, 0.25) is 5.89 Å². The molecule has 3 rings (SSSR count). The lowest BCUT2D eigenvalue weighted by atomic mass is 10.1. The van der Waals surface area contributed by atoms with Crippen molar-refractivity contribution < 1.29 is 9.26 Å². The Morgan fingerprint density at radius 3 is 2.58 bits per heavy atom. The van der Waals surface area contributed by atoms with Crippen molar-refractivity contribution in [2.24, 2.45) is 0 Å². The van der Waals surface area contributed by atoms with Crippen molar-refractivity contribution in [2.75, 3.05) is 6.54 Å². The Morgan fingerprint density at radius 1 is 1.12 bits per heavy atom. The number of benzene rings is 1. The Bertz CT molecular complexity index is 823. The molecule has 2 aromatic heterocycles. The van der Waals surface area contributed by atoms with Crippen molar-refractivity contribution >= 4 is 0 Å². The quantitative estimate of drug-likeness (QED) is 0.627. The van der Waals surface area contributed by atoms with Gasteiger partial charge in [-0.05, 0) is 49.6 Å². The summed E-state index contributed by atoms with van der Waals surface area (Å²) in [5.74, 6) is 2.27. The first-order valence-electron chi connectivity index (χ1n) is 8.74. The summed E-state index contributed by atoms with van der Waals surface area (Å²) in [5, 5.41) is 7.21. The summed E-state index contributed by atoms with van der Waals surface area (Å²) in [4.78, 5) is 8.50. The van der Waals surface area contributed by atoms with Gasteiger partial charge in [-0.2, -0.15) is 4.98 Å². The Balaban J connectivity index is 1.53. The second-order valence-corrected chi connectivity index (χ2v) is 6.33. The molecule has 0 spiro atoms. The van der Waals surface area contributed by atoms with E-state index in [0.29, 0.717) is 18.3 Å². The molecular weight excluding hydrogens is 328 g/mol. The smallest absolute Gasteiger partial charge is 0.227 e. The third-order valence-electron chi connectivity index (χ3n) is 4.03. The third-order valence-corrected chi connectivity index (χ3v) is 4.03. The first-order valence-corrected chi connectivity index (χ1v) is 8.74. The minimum absolute atomic E-state index is 0.476. The number of nitrogens with zero attached hydrogens (tertiary/aromatic N) is 3. The number of ether oxygens (including phenoxy) is 1. The van der Waals surface area contributed by atoms with Gasteiger partial charge in [-0.15, -0.1) is 0 Å². The van der Waals surface area contributed by atoms with Crippen LogP contribution in [0.15, 0.2) is 41.1 Å². The van der Waals surface area contributed by atoms with Crippen LogP contribution in [0.5, 0.6) is 5.75 Å². The van der Waals surface area contributed by atoms with Crippen LogP contribution in [0.3, 0.4) is 0 Å². The molecule has 1 N–H and O–H groups in total. The van der Waals surface area contributed by atoms with Gasteiger partial charge in [0, 0.05) is 25.7 Å². The van der Waals surface area contributed by atoms with Crippen LogP contribution >= 0.6 is 0 Å². The van der Waals surface area contributed by atoms with Gasteiger partial charge in [0.15, 0.2) is 5.82 Å². The molecule has 0 aliphatic rings. The van der Waals surface area contributed by atoms with E-state index in [1.807, 2.05) is 25.1 Å². The van der Waals surface area contributed by atoms with E-state index in [1.165, 1.54) is 5.56 Å². The molecule has 1 aromatic carbocycles. The van der Waals surface area contributed by atoms with E-state index in [0.717, 1.165) is 42.1 Å². The zero-order chi connectivity index (χ0) is 18.4. The molecule has 2 heterocycles.